The molecule has 6 nitrogen and oxygen atoms in total. The zero-order valence-electron chi connectivity index (χ0n) is 18.2. The lowest BCUT2D eigenvalue weighted by Crippen LogP contribution is -2.24. The van der Waals surface area contributed by atoms with Crippen molar-refractivity contribution in [2.24, 2.45) is 11.8 Å². The summed E-state index contributed by atoms with van der Waals surface area (Å²) in [5, 5.41) is 7.13. The van der Waals surface area contributed by atoms with Crippen molar-refractivity contribution < 1.29 is 9.32 Å². The lowest BCUT2D eigenvalue weighted by molar-refractivity contribution is -0.122. The highest BCUT2D eigenvalue weighted by Gasteiger charge is 2.38. The van der Waals surface area contributed by atoms with Gasteiger partial charge in [0.15, 0.2) is 5.76 Å². The van der Waals surface area contributed by atoms with Crippen LogP contribution in [0.25, 0.3) is 22.6 Å². The van der Waals surface area contributed by atoms with Gasteiger partial charge in [-0.15, -0.1) is 0 Å². The van der Waals surface area contributed by atoms with E-state index in [-0.39, 0.29) is 17.7 Å². The average molecular weight is 405 g/mol. The highest BCUT2D eigenvalue weighted by Crippen LogP contribution is 2.38. The van der Waals surface area contributed by atoms with Gasteiger partial charge in [-0.2, -0.15) is 0 Å². The number of hydrogen-bond acceptors (Lipinski definition) is 5. The van der Waals surface area contributed by atoms with Gasteiger partial charge in [-0.3, -0.25) is 4.79 Å². The van der Waals surface area contributed by atoms with E-state index in [0.29, 0.717) is 18.2 Å². The molecule has 156 valence electrons. The van der Waals surface area contributed by atoms with Gasteiger partial charge in [-0.05, 0) is 31.7 Å². The van der Waals surface area contributed by atoms with Gasteiger partial charge < -0.3 is 9.84 Å². The molecule has 2 heterocycles. The number of carbonyl (C=O) groups is 1. The Morgan fingerprint density at radius 3 is 2.50 bits per heavy atom. The molecule has 6 heteroatoms. The Morgan fingerprint density at radius 1 is 1.23 bits per heavy atom. The first-order chi connectivity index (χ1) is 14.3. The van der Waals surface area contributed by atoms with Crippen LogP contribution in [0.1, 0.15) is 55.8 Å². The molecular weight excluding hydrogens is 376 g/mol. The molecule has 30 heavy (non-hydrogen) atoms. The molecule has 1 aromatic carbocycles. The highest BCUT2D eigenvalue weighted by molar-refractivity contribution is 5.81. The molecule has 1 aliphatic rings. The Morgan fingerprint density at radius 2 is 1.93 bits per heavy atom. The van der Waals surface area contributed by atoms with Crippen LogP contribution in [0.3, 0.4) is 0 Å². The van der Waals surface area contributed by atoms with Crippen LogP contribution in [-0.2, 0) is 11.3 Å². The lowest BCUT2D eigenvalue weighted by atomic mass is 10.0. The average Bonchev–Trinajstić information content (AvgIpc) is 3.39. The molecular formula is C24H28N4O2. The molecule has 2 atom stereocenters. The van der Waals surface area contributed by atoms with E-state index < -0.39 is 0 Å². The fraction of sp³-hybridized carbons (Fsp3) is 0.417. The SMILES string of the molecule is Cc1noc(-c2cnc(C(C)C)nc2-c2ccc(CNC(=O)[C@H]3C[C@@H]3C)cc2)c1C. The number of hydrogen-bond donors (Lipinski definition) is 1. The summed E-state index contributed by atoms with van der Waals surface area (Å²) < 4.78 is 5.59. The topological polar surface area (TPSA) is 80.9 Å². The van der Waals surface area contributed by atoms with Crippen molar-refractivity contribution in [3.63, 3.8) is 0 Å². The van der Waals surface area contributed by atoms with Gasteiger partial charge in [-0.25, -0.2) is 9.97 Å². The number of benzene rings is 1. The van der Waals surface area contributed by atoms with Crippen LogP contribution in [0.4, 0.5) is 0 Å². The van der Waals surface area contributed by atoms with Gasteiger partial charge in [-0.1, -0.05) is 50.2 Å². The van der Waals surface area contributed by atoms with Gasteiger partial charge in [0.2, 0.25) is 5.91 Å². The molecule has 0 saturated heterocycles. The van der Waals surface area contributed by atoms with Gasteiger partial charge in [0.1, 0.15) is 5.82 Å². The van der Waals surface area contributed by atoms with Crippen molar-refractivity contribution in [2.45, 2.75) is 53.5 Å². The molecule has 1 fully saturated rings. The van der Waals surface area contributed by atoms with Crippen LogP contribution in [0, 0.1) is 25.7 Å². The molecule has 0 aliphatic heterocycles. The van der Waals surface area contributed by atoms with Crippen LogP contribution < -0.4 is 5.32 Å². The summed E-state index contributed by atoms with van der Waals surface area (Å²) in [7, 11) is 0. The minimum absolute atomic E-state index is 0.155. The lowest BCUT2D eigenvalue weighted by Gasteiger charge is -2.12. The van der Waals surface area contributed by atoms with Crippen molar-refractivity contribution in [3.8, 4) is 22.6 Å². The van der Waals surface area contributed by atoms with E-state index in [0.717, 1.165) is 45.9 Å². The number of nitrogens with zero attached hydrogens (tertiary/aromatic N) is 3. The molecule has 0 unspecified atom stereocenters. The molecule has 2 aromatic heterocycles. The number of carbonyl (C=O) groups excluding carboxylic acids is 1. The Hall–Kier alpha value is -3.02. The number of aromatic nitrogens is 3. The van der Waals surface area contributed by atoms with Crippen molar-refractivity contribution in [2.75, 3.05) is 0 Å². The summed E-state index contributed by atoms with van der Waals surface area (Å²) in [6.45, 7) is 10.7. The van der Waals surface area contributed by atoms with Crippen LogP contribution in [-0.4, -0.2) is 21.0 Å². The standard InChI is InChI=1S/C24H28N4O2/c1-13(2)23-25-12-20(22-15(4)16(5)28-30-22)21(27-23)18-8-6-17(7-9-18)11-26-24(29)19-10-14(19)3/h6-9,12-14,19H,10-11H2,1-5H3,(H,26,29)/t14-,19-/m0/s1. The van der Waals surface area contributed by atoms with Crippen molar-refractivity contribution in [1.82, 2.24) is 20.4 Å². The summed E-state index contributed by atoms with van der Waals surface area (Å²) in [4.78, 5) is 21.5. The third-order valence-corrected chi connectivity index (χ3v) is 5.87. The number of aryl methyl sites for hydroxylation is 1. The predicted octanol–water partition coefficient (Wildman–Crippen LogP) is 4.81. The molecule has 0 spiro atoms. The second-order valence-corrected chi connectivity index (χ2v) is 8.60. The second kappa shape index (κ2) is 8.01. The van der Waals surface area contributed by atoms with Crippen molar-refractivity contribution in [3.05, 3.63) is 53.1 Å². The van der Waals surface area contributed by atoms with Crippen molar-refractivity contribution in [1.29, 1.82) is 0 Å². The molecule has 0 bridgehead atoms. The summed E-state index contributed by atoms with van der Waals surface area (Å²) in [5.74, 6) is 2.57. The van der Waals surface area contributed by atoms with Crippen LogP contribution in [0.2, 0.25) is 0 Å². The van der Waals surface area contributed by atoms with Crippen LogP contribution in [0.5, 0.6) is 0 Å². The number of nitrogens with one attached hydrogen (secondary N) is 1. The number of amides is 1. The molecule has 1 N–H and O–H groups in total. The van der Waals surface area contributed by atoms with E-state index in [1.807, 2.05) is 44.3 Å². The largest absolute Gasteiger partial charge is 0.356 e. The zero-order chi connectivity index (χ0) is 21.4. The van der Waals surface area contributed by atoms with E-state index in [1.54, 1.807) is 0 Å². The Bertz CT molecular complexity index is 1070. The van der Waals surface area contributed by atoms with Gasteiger partial charge in [0, 0.05) is 35.7 Å². The van der Waals surface area contributed by atoms with E-state index in [2.05, 4.69) is 36.2 Å². The first kappa shape index (κ1) is 20.3. The van der Waals surface area contributed by atoms with E-state index in [4.69, 9.17) is 9.51 Å². The molecule has 0 radical (unpaired) electrons. The molecule has 3 aromatic rings. The van der Waals surface area contributed by atoms with E-state index >= 15 is 0 Å². The Labute approximate surface area is 177 Å². The maximum Gasteiger partial charge on any atom is 0.223 e. The van der Waals surface area contributed by atoms with Gasteiger partial charge in [0.05, 0.1) is 17.0 Å². The zero-order valence-corrected chi connectivity index (χ0v) is 18.2. The van der Waals surface area contributed by atoms with E-state index in [1.165, 1.54) is 0 Å². The van der Waals surface area contributed by atoms with Crippen LogP contribution in [0.15, 0.2) is 35.0 Å². The summed E-state index contributed by atoms with van der Waals surface area (Å²) in [6.07, 6.45) is 2.83. The molecule has 1 saturated carbocycles. The van der Waals surface area contributed by atoms with Crippen molar-refractivity contribution >= 4 is 5.91 Å². The summed E-state index contributed by atoms with van der Waals surface area (Å²) in [6, 6.07) is 8.14. The second-order valence-electron chi connectivity index (χ2n) is 8.60. The first-order valence-electron chi connectivity index (χ1n) is 10.5. The third kappa shape index (κ3) is 3.99. The summed E-state index contributed by atoms with van der Waals surface area (Å²) in [5.41, 5.74) is 5.56. The monoisotopic (exact) mass is 404 g/mol. The van der Waals surface area contributed by atoms with Gasteiger partial charge >= 0.3 is 0 Å². The summed E-state index contributed by atoms with van der Waals surface area (Å²) >= 11 is 0. The molecule has 1 aliphatic carbocycles. The number of rotatable bonds is 6. The third-order valence-electron chi connectivity index (χ3n) is 5.87. The first-order valence-corrected chi connectivity index (χ1v) is 10.5. The minimum Gasteiger partial charge on any atom is -0.356 e. The maximum atomic E-state index is 12.1. The predicted molar refractivity (Wildman–Crippen MR) is 116 cm³/mol. The fourth-order valence-electron chi connectivity index (χ4n) is 3.51. The highest BCUT2D eigenvalue weighted by atomic mass is 16.5. The normalized spacial score (nSPS) is 17.9. The fourth-order valence-corrected chi connectivity index (χ4v) is 3.51. The smallest absolute Gasteiger partial charge is 0.223 e. The van der Waals surface area contributed by atoms with Gasteiger partial charge in [0.25, 0.3) is 0 Å². The quantitative estimate of drug-likeness (QED) is 0.637. The molecule has 1 amide bonds. The Balaban J connectivity index is 1.62. The van der Waals surface area contributed by atoms with E-state index in [9.17, 15) is 4.79 Å². The Kier molecular flexibility index (Phi) is 5.41. The minimum atomic E-state index is 0.155. The van der Waals surface area contributed by atoms with Crippen LogP contribution >= 0.6 is 0 Å². The maximum absolute atomic E-state index is 12.1. The molecule has 4 rings (SSSR count).